The smallest absolute Gasteiger partial charge is 0.0992 e. The molecule has 1 aromatic rings. The van der Waals surface area contributed by atoms with Crippen molar-refractivity contribution in [2.24, 2.45) is 0 Å². The summed E-state index contributed by atoms with van der Waals surface area (Å²) in [6, 6.07) is 7.41. The van der Waals surface area contributed by atoms with Crippen LogP contribution in [-0.2, 0) is 6.42 Å². The van der Waals surface area contributed by atoms with Crippen LogP contribution in [-0.4, -0.2) is 23.8 Å². The zero-order valence-electron chi connectivity index (χ0n) is 9.49. The highest BCUT2D eigenvalue weighted by molar-refractivity contribution is 6.31. The summed E-state index contributed by atoms with van der Waals surface area (Å²) in [5.41, 5.74) is 1.44. The average molecular weight is 251 g/mol. The molecule has 17 heavy (non-hydrogen) atoms. The number of benzene rings is 1. The van der Waals surface area contributed by atoms with Crippen LogP contribution in [0.1, 0.15) is 24.0 Å². The number of nitriles is 1. The lowest BCUT2D eigenvalue weighted by molar-refractivity contribution is 0.136. The topological polar surface area (TPSA) is 56.0 Å². The summed E-state index contributed by atoms with van der Waals surface area (Å²) in [7, 11) is 0. The molecule has 4 heteroatoms. The predicted molar refractivity (Wildman–Crippen MR) is 66.9 cm³/mol. The van der Waals surface area contributed by atoms with Crippen LogP contribution < -0.4 is 5.32 Å². The Balaban J connectivity index is 2.05. The Labute approximate surface area is 106 Å². The van der Waals surface area contributed by atoms with Crippen LogP contribution in [0, 0.1) is 11.3 Å². The molecule has 0 saturated carbocycles. The van der Waals surface area contributed by atoms with Gasteiger partial charge in [-0.1, -0.05) is 17.7 Å². The molecule has 0 bridgehead atoms. The van der Waals surface area contributed by atoms with Crippen molar-refractivity contribution in [1.82, 2.24) is 5.32 Å². The second-order valence-electron chi connectivity index (χ2n) is 4.39. The first-order valence-electron chi connectivity index (χ1n) is 5.80. The van der Waals surface area contributed by atoms with E-state index in [2.05, 4.69) is 5.32 Å². The third kappa shape index (κ3) is 2.98. The largest absolute Gasteiger partial charge is 0.391 e. The lowest BCUT2D eigenvalue weighted by Crippen LogP contribution is -2.36. The molecule has 1 saturated heterocycles. The molecule has 0 aromatic heterocycles. The van der Waals surface area contributed by atoms with E-state index >= 15 is 0 Å². The molecular formula is C13H15ClN2O. The predicted octanol–water partition coefficient (Wildman–Crippen LogP) is 1.87. The molecule has 1 aliphatic heterocycles. The molecule has 0 unspecified atom stereocenters. The molecule has 1 aliphatic rings. The van der Waals surface area contributed by atoms with Gasteiger partial charge in [-0.05, 0) is 37.1 Å². The van der Waals surface area contributed by atoms with E-state index in [9.17, 15) is 5.11 Å². The third-order valence-electron chi connectivity index (χ3n) is 3.17. The van der Waals surface area contributed by atoms with Crippen LogP contribution in [0.4, 0.5) is 0 Å². The number of nitrogens with zero attached hydrogens (tertiary/aromatic N) is 1. The summed E-state index contributed by atoms with van der Waals surface area (Å²) in [6.07, 6.45) is 2.24. The molecule has 1 fully saturated rings. The summed E-state index contributed by atoms with van der Waals surface area (Å²) in [5, 5.41) is 22.6. The summed E-state index contributed by atoms with van der Waals surface area (Å²) in [6.45, 7) is 0.975. The fourth-order valence-corrected chi connectivity index (χ4v) is 2.45. The van der Waals surface area contributed by atoms with Gasteiger partial charge in [-0.15, -0.1) is 0 Å². The lowest BCUT2D eigenvalue weighted by atomic mass is 10.00. The summed E-state index contributed by atoms with van der Waals surface area (Å²) in [5.74, 6) is 0. The van der Waals surface area contributed by atoms with Crippen molar-refractivity contribution in [2.75, 3.05) is 6.54 Å². The maximum absolute atomic E-state index is 10.1. The molecule has 90 valence electrons. The summed E-state index contributed by atoms with van der Waals surface area (Å²) < 4.78 is 0. The third-order valence-corrected chi connectivity index (χ3v) is 3.53. The Morgan fingerprint density at radius 3 is 3.00 bits per heavy atom. The van der Waals surface area contributed by atoms with Crippen molar-refractivity contribution < 1.29 is 5.11 Å². The fraction of sp³-hybridized carbons (Fsp3) is 0.462. The molecular weight excluding hydrogens is 236 g/mol. The number of hydrogen-bond donors (Lipinski definition) is 2. The quantitative estimate of drug-likeness (QED) is 0.861. The summed E-state index contributed by atoms with van der Waals surface area (Å²) in [4.78, 5) is 0. The van der Waals surface area contributed by atoms with Gasteiger partial charge in [0.05, 0.1) is 17.7 Å². The minimum absolute atomic E-state index is 0.168. The molecule has 3 nitrogen and oxygen atoms in total. The first-order valence-corrected chi connectivity index (χ1v) is 6.18. The van der Waals surface area contributed by atoms with Gasteiger partial charge < -0.3 is 10.4 Å². The van der Waals surface area contributed by atoms with Gasteiger partial charge in [-0.25, -0.2) is 0 Å². The Morgan fingerprint density at radius 2 is 2.41 bits per heavy atom. The molecule has 0 amide bonds. The number of halogens is 1. The van der Waals surface area contributed by atoms with E-state index in [-0.39, 0.29) is 6.04 Å². The number of aliphatic hydroxyl groups excluding tert-OH is 1. The lowest BCUT2D eigenvalue weighted by Gasteiger charge is -2.18. The normalized spacial score (nSPS) is 21.1. The van der Waals surface area contributed by atoms with Crippen LogP contribution in [0.25, 0.3) is 0 Å². The molecule has 1 aromatic carbocycles. The van der Waals surface area contributed by atoms with E-state index in [0.717, 1.165) is 24.9 Å². The molecule has 2 atom stereocenters. The minimum Gasteiger partial charge on any atom is -0.391 e. The van der Waals surface area contributed by atoms with Gasteiger partial charge in [0.15, 0.2) is 0 Å². The van der Waals surface area contributed by atoms with Crippen LogP contribution in [0.15, 0.2) is 18.2 Å². The molecule has 0 spiro atoms. The maximum atomic E-state index is 10.1. The van der Waals surface area contributed by atoms with Crippen molar-refractivity contribution >= 4 is 11.6 Å². The second-order valence-corrected chi connectivity index (χ2v) is 4.80. The minimum atomic E-state index is -0.414. The SMILES string of the molecule is N#Cc1ccc(C[C@@H](O)[C@@H]2CCCN2)c(Cl)c1. The molecule has 0 radical (unpaired) electrons. The number of hydrogen-bond acceptors (Lipinski definition) is 3. The zero-order valence-corrected chi connectivity index (χ0v) is 10.2. The Bertz CT molecular complexity index is 436. The maximum Gasteiger partial charge on any atom is 0.0992 e. The Morgan fingerprint density at radius 1 is 1.59 bits per heavy atom. The molecule has 0 aliphatic carbocycles. The number of nitrogens with one attached hydrogen (secondary N) is 1. The molecule has 1 heterocycles. The van der Waals surface area contributed by atoms with Crippen molar-refractivity contribution in [3.63, 3.8) is 0 Å². The van der Waals surface area contributed by atoms with E-state index in [1.807, 2.05) is 12.1 Å². The number of rotatable bonds is 3. The van der Waals surface area contributed by atoms with Crippen LogP contribution >= 0.6 is 11.6 Å². The van der Waals surface area contributed by atoms with Crippen molar-refractivity contribution in [3.8, 4) is 6.07 Å². The van der Waals surface area contributed by atoms with Crippen molar-refractivity contribution in [2.45, 2.75) is 31.4 Å². The van der Waals surface area contributed by atoms with E-state index in [1.54, 1.807) is 12.1 Å². The van der Waals surface area contributed by atoms with Crippen molar-refractivity contribution in [1.29, 1.82) is 5.26 Å². The van der Waals surface area contributed by atoms with E-state index < -0.39 is 6.10 Å². The number of aliphatic hydroxyl groups is 1. The van der Waals surface area contributed by atoms with Gasteiger partial charge in [0.2, 0.25) is 0 Å². The Kier molecular flexibility index (Phi) is 4.01. The van der Waals surface area contributed by atoms with Crippen LogP contribution in [0.3, 0.4) is 0 Å². The van der Waals surface area contributed by atoms with E-state index in [4.69, 9.17) is 16.9 Å². The van der Waals surface area contributed by atoms with Gasteiger partial charge in [0.1, 0.15) is 0 Å². The average Bonchev–Trinajstić information content (AvgIpc) is 2.85. The molecule has 2 N–H and O–H groups in total. The fourth-order valence-electron chi connectivity index (χ4n) is 2.19. The van der Waals surface area contributed by atoms with Gasteiger partial charge in [0, 0.05) is 17.5 Å². The van der Waals surface area contributed by atoms with E-state index in [0.29, 0.717) is 17.0 Å². The van der Waals surface area contributed by atoms with Gasteiger partial charge >= 0.3 is 0 Å². The zero-order chi connectivity index (χ0) is 12.3. The Hall–Kier alpha value is -1.08. The van der Waals surface area contributed by atoms with Crippen LogP contribution in [0.5, 0.6) is 0 Å². The second kappa shape index (κ2) is 5.50. The highest BCUT2D eigenvalue weighted by Gasteiger charge is 2.23. The standard InChI is InChI=1S/C13H15ClN2O/c14-11-6-9(8-15)3-4-10(11)7-13(17)12-2-1-5-16-12/h3-4,6,12-13,16-17H,1-2,5,7H2/t12-,13+/m0/s1. The highest BCUT2D eigenvalue weighted by atomic mass is 35.5. The highest BCUT2D eigenvalue weighted by Crippen LogP contribution is 2.21. The monoisotopic (exact) mass is 250 g/mol. The first kappa shape index (κ1) is 12.4. The van der Waals surface area contributed by atoms with Crippen LogP contribution in [0.2, 0.25) is 5.02 Å². The van der Waals surface area contributed by atoms with Crippen molar-refractivity contribution in [3.05, 3.63) is 34.3 Å². The van der Waals surface area contributed by atoms with Gasteiger partial charge in [-0.3, -0.25) is 0 Å². The van der Waals surface area contributed by atoms with E-state index in [1.165, 1.54) is 0 Å². The van der Waals surface area contributed by atoms with Gasteiger partial charge in [-0.2, -0.15) is 5.26 Å². The first-order chi connectivity index (χ1) is 8.20. The molecule has 2 rings (SSSR count). The van der Waals surface area contributed by atoms with Gasteiger partial charge in [0.25, 0.3) is 0 Å². The summed E-state index contributed by atoms with van der Waals surface area (Å²) >= 11 is 6.08.